The third-order valence-electron chi connectivity index (χ3n) is 3.01. The summed E-state index contributed by atoms with van der Waals surface area (Å²) in [7, 11) is 0. The van der Waals surface area contributed by atoms with Crippen LogP contribution in [0.1, 0.15) is 38.5 Å². The minimum absolute atomic E-state index is 0.369. The van der Waals surface area contributed by atoms with Crippen molar-refractivity contribution in [2.45, 2.75) is 50.2 Å². The van der Waals surface area contributed by atoms with Crippen LogP contribution in [0.25, 0.3) is 0 Å². The Labute approximate surface area is 82.0 Å². The number of hydrogen-bond donors (Lipinski definition) is 0. The Hall–Kier alpha value is 0.690. The van der Waals surface area contributed by atoms with Crippen molar-refractivity contribution in [1.29, 1.82) is 0 Å². The van der Waals surface area contributed by atoms with Crippen LogP contribution in [0.5, 0.6) is 0 Å². The number of alkyl halides is 1. The van der Waals surface area contributed by atoms with E-state index in [2.05, 4.69) is 22.6 Å². The molecule has 64 valence electrons. The van der Waals surface area contributed by atoms with Gasteiger partial charge in [-0.1, -0.05) is 22.6 Å². The first kappa shape index (κ1) is 8.30. The lowest BCUT2D eigenvalue weighted by Gasteiger charge is -2.47. The van der Waals surface area contributed by atoms with Crippen molar-refractivity contribution in [3.8, 4) is 0 Å². The molecule has 2 aliphatic rings. The predicted octanol–water partition coefficient (Wildman–Crippen LogP) is 2.91. The van der Waals surface area contributed by atoms with E-state index in [1.54, 1.807) is 0 Å². The molecule has 11 heavy (non-hydrogen) atoms. The molecule has 1 aliphatic carbocycles. The van der Waals surface area contributed by atoms with Crippen molar-refractivity contribution in [1.82, 2.24) is 0 Å². The third kappa shape index (κ3) is 1.57. The zero-order chi connectivity index (χ0) is 7.73. The van der Waals surface area contributed by atoms with E-state index >= 15 is 0 Å². The van der Waals surface area contributed by atoms with Gasteiger partial charge >= 0.3 is 0 Å². The van der Waals surface area contributed by atoms with Gasteiger partial charge in [0.05, 0.1) is 11.7 Å². The third-order valence-corrected chi connectivity index (χ3v) is 3.99. The van der Waals surface area contributed by atoms with Crippen LogP contribution in [-0.2, 0) is 4.74 Å². The zero-order valence-electron chi connectivity index (χ0n) is 6.81. The summed E-state index contributed by atoms with van der Waals surface area (Å²) in [4.78, 5) is 0. The smallest absolute Gasteiger partial charge is 0.0686 e. The average Bonchev–Trinajstić information content (AvgIpc) is 2.02. The van der Waals surface area contributed by atoms with Gasteiger partial charge in [-0.25, -0.2) is 0 Å². The highest BCUT2D eigenvalue weighted by Gasteiger charge is 2.41. The van der Waals surface area contributed by atoms with Crippen molar-refractivity contribution in [3.05, 3.63) is 0 Å². The molecule has 1 saturated carbocycles. The Morgan fingerprint density at radius 1 is 1.27 bits per heavy atom. The Bertz CT molecular complexity index is 142. The van der Waals surface area contributed by atoms with Crippen LogP contribution in [0.3, 0.4) is 0 Å². The van der Waals surface area contributed by atoms with Crippen LogP contribution in [-0.4, -0.2) is 16.1 Å². The van der Waals surface area contributed by atoms with Gasteiger partial charge in [-0.15, -0.1) is 0 Å². The van der Waals surface area contributed by atoms with Gasteiger partial charge in [0.1, 0.15) is 0 Å². The van der Waals surface area contributed by atoms with Gasteiger partial charge in [-0.3, -0.25) is 0 Å². The molecule has 1 atom stereocenters. The lowest BCUT2D eigenvalue weighted by atomic mass is 9.74. The standard InChI is InChI=1S/C9H15IO/c10-7-8-3-1-4-9(11-8)5-2-6-9/h8H,1-7H2. The largest absolute Gasteiger partial charge is 0.371 e. The number of rotatable bonds is 1. The molecule has 1 saturated heterocycles. The van der Waals surface area contributed by atoms with Gasteiger partial charge in [-0.2, -0.15) is 0 Å². The number of ether oxygens (including phenoxy) is 1. The molecule has 1 spiro atoms. The van der Waals surface area contributed by atoms with E-state index in [0.717, 1.165) is 0 Å². The highest BCUT2D eigenvalue weighted by molar-refractivity contribution is 14.1. The van der Waals surface area contributed by atoms with E-state index < -0.39 is 0 Å². The lowest BCUT2D eigenvalue weighted by molar-refractivity contribution is -0.160. The van der Waals surface area contributed by atoms with Crippen LogP contribution in [0.15, 0.2) is 0 Å². The number of halogens is 1. The summed E-state index contributed by atoms with van der Waals surface area (Å²) in [5, 5.41) is 0. The monoisotopic (exact) mass is 266 g/mol. The molecule has 0 bridgehead atoms. The maximum Gasteiger partial charge on any atom is 0.0686 e. The maximum atomic E-state index is 6.05. The quantitative estimate of drug-likeness (QED) is 0.523. The van der Waals surface area contributed by atoms with Crippen LogP contribution in [0.4, 0.5) is 0 Å². The summed E-state index contributed by atoms with van der Waals surface area (Å²) < 4.78 is 7.23. The predicted molar refractivity (Wildman–Crippen MR) is 54.2 cm³/mol. The van der Waals surface area contributed by atoms with Crippen molar-refractivity contribution >= 4 is 22.6 Å². The normalized spacial score (nSPS) is 35.2. The molecule has 2 heteroatoms. The van der Waals surface area contributed by atoms with E-state index in [-0.39, 0.29) is 0 Å². The molecule has 1 nitrogen and oxygen atoms in total. The van der Waals surface area contributed by atoms with E-state index in [1.165, 1.54) is 43.0 Å². The molecule has 0 N–H and O–H groups in total. The Kier molecular flexibility index (Phi) is 2.42. The molecule has 2 rings (SSSR count). The van der Waals surface area contributed by atoms with Gasteiger partial charge < -0.3 is 4.74 Å². The highest BCUT2D eigenvalue weighted by atomic mass is 127. The second-order valence-electron chi connectivity index (χ2n) is 3.82. The first-order valence-electron chi connectivity index (χ1n) is 4.58. The lowest BCUT2D eigenvalue weighted by Crippen LogP contribution is -2.46. The molecule has 0 aromatic heterocycles. The summed E-state index contributed by atoms with van der Waals surface area (Å²) in [5.41, 5.74) is 0.369. The van der Waals surface area contributed by atoms with Crippen molar-refractivity contribution in [2.75, 3.05) is 4.43 Å². The molecule has 1 aliphatic heterocycles. The summed E-state index contributed by atoms with van der Waals surface area (Å²) in [6.45, 7) is 0. The molecule has 1 unspecified atom stereocenters. The van der Waals surface area contributed by atoms with E-state index in [0.29, 0.717) is 11.7 Å². The molecule has 0 radical (unpaired) electrons. The summed E-state index contributed by atoms with van der Waals surface area (Å²) in [6, 6.07) is 0. The van der Waals surface area contributed by atoms with Crippen LogP contribution in [0, 0.1) is 0 Å². The zero-order valence-corrected chi connectivity index (χ0v) is 8.97. The van der Waals surface area contributed by atoms with Gasteiger partial charge in [0.25, 0.3) is 0 Å². The summed E-state index contributed by atoms with van der Waals surface area (Å²) >= 11 is 2.44. The fraction of sp³-hybridized carbons (Fsp3) is 1.00. The molecule has 1 heterocycles. The average molecular weight is 266 g/mol. The minimum Gasteiger partial charge on any atom is -0.371 e. The van der Waals surface area contributed by atoms with Crippen molar-refractivity contribution in [2.24, 2.45) is 0 Å². The van der Waals surface area contributed by atoms with Crippen molar-refractivity contribution in [3.63, 3.8) is 0 Å². The number of hydrogen-bond acceptors (Lipinski definition) is 1. The maximum absolute atomic E-state index is 6.05. The second-order valence-corrected chi connectivity index (χ2v) is 4.70. The highest BCUT2D eigenvalue weighted by Crippen LogP contribution is 2.44. The first-order chi connectivity index (χ1) is 5.35. The summed E-state index contributed by atoms with van der Waals surface area (Å²) in [6.07, 6.45) is 8.66. The van der Waals surface area contributed by atoms with E-state index in [4.69, 9.17) is 4.74 Å². The second kappa shape index (κ2) is 3.21. The Balaban J connectivity index is 1.92. The van der Waals surface area contributed by atoms with Gasteiger partial charge in [0.15, 0.2) is 0 Å². The minimum atomic E-state index is 0.369. The van der Waals surface area contributed by atoms with Crippen molar-refractivity contribution < 1.29 is 4.74 Å². The molecule has 0 aromatic rings. The molecule has 0 amide bonds. The van der Waals surface area contributed by atoms with Gasteiger partial charge in [-0.05, 0) is 38.5 Å². The first-order valence-corrected chi connectivity index (χ1v) is 6.11. The fourth-order valence-electron chi connectivity index (χ4n) is 2.17. The van der Waals surface area contributed by atoms with E-state index in [9.17, 15) is 0 Å². The van der Waals surface area contributed by atoms with E-state index in [1.807, 2.05) is 0 Å². The van der Waals surface area contributed by atoms with Crippen LogP contribution < -0.4 is 0 Å². The molecule has 0 aromatic carbocycles. The SMILES string of the molecule is ICC1CCCC2(CCC2)O1. The van der Waals surface area contributed by atoms with Gasteiger partial charge in [0, 0.05) is 4.43 Å². The fourth-order valence-corrected chi connectivity index (χ4v) is 2.79. The molecule has 2 fully saturated rings. The topological polar surface area (TPSA) is 9.23 Å². The Morgan fingerprint density at radius 2 is 2.00 bits per heavy atom. The molecular weight excluding hydrogens is 251 g/mol. The molecular formula is C9H15IO. The van der Waals surface area contributed by atoms with Crippen LogP contribution in [0.2, 0.25) is 0 Å². The van der Waals surface area contributed by atoms with Gasteiger partial charge in [0.2, 0.25) is 0 Å². The summed E-state index contributed by atoms with van der Waals surface area (Å²) in [5.74, 6) is 0. The Morgan fingerprint density at radius 3 is 2.55 bits per heavy atom. The van der Waals surface area contributed by atoms with Crippen LogP contribution >= 0.6 is 22.6 Å².